The third kappa shape index (κ3) is 5.96. The lowest BCUT2D eigenvalue weighted by Gasteiger charge is -2.42. The molecule has 4 rings (SSSR count). The second-order valence-electron chi connectivity index (χ2n) is 8.75. The van der Waals surface area contributed by atoms with Gasteiger partial charge in [0.25, 0.3) is 11.8 Å². The number of carbonyl (C=O) groups is 3. The number of nitrogens with zero attached hydrogens (tertiary/aromatic N) is 2. The van der Waals surface area contributed by atoms with Gasteiger partial charge in [0.2, 0.25) is 5.91 Å². The number of aromatic nitrogens is 1. The van der Waals surface area contributed by atoms with Gasteiger partial charge in [-0.2, -0.15) is 13.2 Å². The number of alkyl halides is 3. The SMILES string of the molecule is Cc1cc(C(=O)Nc2ccc3c(c2)C(=O)N(C)[C@@H]2CC[C@@H](CC(=O)NCC(F)(F)F)O[C@H]2CO3)no1. The van der Waals surface area contributed by atoms with Crippen LogP contribution in [-0.4, -0.2) is 72.4 Å². The third-order valence-electron chi connectivity index (χ3n) is 6.03. The largest absolute Gasteiger partial charge is 0.490 e. The summed E-state index contributed by atoms with van der Waals surface area (Å²) in [4.78, 5) is 39.1. The van der Waals surface area contributed by atoms with E-state index in [2.05, 4.69) is 10.5 Å². The minimum Gasteiger partial charge on any atom is -0.490 e. The molecule has 10 nitrogen and oxygen atoms in total. The monoisotopic (exact) mass is 510 g/mol. The number of rotatable bonds is 5. The lowest BCUT2D eigenvalue weighted by atomic mass is 9.94. The van der Waals surface area contributed by atoms with Gasteiger partial charge in [0.15, 0.2) is 5.69 Å². The average Bonchev–Trinajstić information content (AvgIpc) is 3.26. The minimum absolute atomic E-state index is 0.0693. The Morgan fingerprint density at radius 1 is 1.22 bits per heavy atom. The fourth-order valence-corrected chi connectivity index (χ4v) is 4.25. The first-order valence-corrected chi connectivity index (χ1v) is 11.3. The zero-order valence-corrected chi connectivity index (χ0v) is 19.6. The van der Waals surface area contributed by atoms with E-state index in [1.165, 1.54) is 17.0 Å². The summed E-state index contributed by atoms with van der Waals surface area (Å²) in [7, 11) is 1.62. The number of halogens is 3. The van der Waals surface area contributed by atoms with Crippen molar-refractivity contribution in [2.24, 2.45) is 0 Å². The number of amides is 3. The molecule has 0 aliphatic carbocycles. The molecule has 13 heteroatoms. The van der Waals surface area contributed by atoms with Gasteiger partial charge in [-0.25, -0.2) is 0 Å². The van der Waals surface area contributed by atoms with Crippen LogP contribution in [0.25, 0.3) is 0 Å². The Kier molecular flexibility index (Phi) is 7.20. The molecular formula is C23H25F3N4O6. The van der Waals surface area contributed by atoms with E-state index in [0.29, 0.717) is 24.3 Å². The Bertz CT molecular complexity index is 1150. The number of ether oxygens (including phenoxy) is 2. The Morgan fingerprint density at radius 2 is 2.00 bits per heavy atom. The highest BCUT2D eigenvalue weighted by molar-refractivity contribution is 6.04. The van der Waals surface area contributed by atoms with Crippen LogP contribution in [-0.2, 0) is 9.53 Å². The summed E-state index contributed by atoms with van der Waals surface area (Å²) in [6.07, 6.45) is -5.01. The van der Waals surface area contributed by atoms with E-state index in [1.807, 2.05) is 5.32 Å². The molecule has 1 aromatic heterocycles. The molecule has 2 aromatic rings. The molecule has 0 bridgehead atoms. The Labute approximate surface area is 204 Å². The van der Waals surface area contributed by atoms with Crippen LogP contribution >= 0.6 is 0 Å². The van der Waals surface area contributed by atoms with Crippen LogP contribution in [0.3, 0.4) is 0 Å². The molecule has 3 heterocycles. The average molecular weight is 510 g/mol. The maximum absolute atomic E-state index is 13.3. The highest BCUT2D eigenvalue weighted by atomic mass is 19.4. The predicted molar refractivity (Wildman–Crippen MR) is 119 cm³/mol. The van der Waals surface area contributed by atoms with Crippen molar-refractivity contribution in [3.05, 3.63) is 41.3 Å². The number of benzene rings is 1. The van der Waals surface area contributed by atoms with E-state index in [-0.39, 0.29) is 42.0 Å². The smallest absolute Gasteiger partial charge is 0.405 e. The van der Waals surface area contributed by atoms with Gasteiger partial charge in [-0.15, -0.1) is 0 Å². The van der Waals surface area contributed by atoms with E-state index in [9.17, 15) is 27.6 Å². The number of fused-ring (bicyclic) bond motifs is 2. The number of nitrogens with one attached hydrogen (secondary N) is 2. The number of carbonyl (C=O) groups excluding carboxylic acids is 3. The molecule has 2 aliphatic heterocycles. The maximum Gasteiger partial charge on any atom is 0.405 e. The van der Waals surface area contributed by atoms with Crippen molar-refractivity contribution < 1.29 is 41.6 Å². The summed E-state index contributed by atoms with van der Waals surface area (Å²) in [6, 6.07) is 5.76. The van der Waals surface area contributed by atoms with Gasteiger partial charge in [0.1, 0.15) is 30.8 Å². The Balaban J connectivity index is 1.43. The standard InChI is InChI=1S/C23H25F3N4O6/c1-12-7-16(29-36-12)21(32)28-13-3-6-18-15(8-13)22(33)30(2)17-5-4-14(35-19(17)10-34-18)9-20(31)27-11-23(24,25)26/h3,6-8,14,17,19H,4-5,9-11H2,1-2H3,(H,27,31)(H,28,32)/t14-,17+,19-/m0/s1. The Morgan fingerprint density at radius 3 is 2.69 bits per heavy atom. The van der Waals surface area contributed by atoms with Gasteiger partial charge in [0, 0.05) is 18.8 Å². The van der Waals surface area contributed by atoms with Gasteiger partial charge in [-0.05, 0) is 38.0 Å². The summed E-state index contributed by atoms with van der Waals surface area (Å²) in [5.41, 5.74) is 0.716. The summed E-state index contributed by atoms with van der Waals surface area (Å²) in [6.45, 7) is 0.330. The number of anilines is 1. The van der Waals surface area contributed by atoms with Gasteiger partial charge >= 0.3 is 6.18 Å². The van der Waals surface area contributed by atoms with Crippen LogP contribution in [0, 0.1) is 6.92 Å². The maximum atomic E-state index is 13.3. The van der Waals surface area contributed by atoms with Crippen LogP contribution in [0.4, 0.5) is 18.9 Å². The number of likely N-dealkylation sites (N-methyl/N-ethyl adjacent to an activating group) is 1. The zero-order chi connectivity index (χ0) is 26.0. The molecule has 0 unspecified atom stereocenters. The molecule has 0 saturated carbocycles. The summed E-state index contributed by atoms with van der Waals surface area (Å²) in [5.74, 6) is -0.831. The first kappa shape index (κ1) is 25.5. The van der Waals surface area contributed by atoms with Gasteiger partial charge in [-0.3, -0.25) is 14.4 Å². The van der Waals surface area contributed by atoms with E-state index in [0.717, 1.165) is 0 Å². The first-order valence-electron chi connectivity index (χ1n) is 11.3. The molecule has 1 saturated heterocycles. The quantitative estimate of drug-likeness (QED) is 0.634. The van der Waals surface area contributed by atoms with Crippen molar-refractivity contribution in [2.45, 2.75) is 50.6 Å². The van der Waals surface area contributed by atoms with Crippen molar-refractivity contribution in [1.82, 2.24) is 15.4 Å². The highest BCUT2D eigenvalue weighted by Crippen LogP contribution is 2.32. The van der Waals surface area contributed by atoms with Crippen molar-refractivity contribution in [3.8, 4) is 5.75 Å². The molecule has 3 atom stereocenters. The van der Waals surface area contributed by atoms with E-state index >= 15 is 0 Å². The number of hydrogen-bond donors (Lipinski definition) is 2. The molecule has 3 amide bonds. The van der Waals surface area contributed by atoms with E-state index in [4.69, 9.17) is 14.0 Å². The molecule has 0 radical (unpaired) electrons. The van der Waals surface area contributed by atoms with Gasteiger partial charge in [0.05, 0.1) is 24.1 Å². The summed E-state index contributed by atoms with van der Waals surface area (Å²) >= 11 is 0. The molecule has 1 fully saturated rings. The fourth-order valence-electron chi connectivity index (χ4n) is 4.25. The molecule has 2 aliphatic rings. The second kappa shape index (κ2) is 10.2. The normalized spacial score (nSPS) is 22.0. The van der Waals surface area contributed by atoms with Gasteiger partial charge in [-0.1, -0.05) is 5.16 Å². The van der Waals surface area contributed by atoms with E-state index < -0.39 is 36.7 Å². The second-order valence-corrected chi connectivity index (χ2v) is 8.75. The minimum atomic E-state index is -4.49. The Hall–Kier alpha value is -3.61. The van der Waals surface area contributed by atoms with Crippen LogP contribution < -0.4 is 15.4 Å². The molecular weight excluding hydrogens is 485 g/mol. The lowest BCUT2D eigenvalue weighted by Crippen LogP contribution is -2.54. The first-order chi connectivity index (χ1) is 17.0. The summed E-state index contributed by atoms with van der Waals surface area (Å²) < 4.78 is 53.7. The van der Waals surface area contributed by atoms with Crippen molar-refractivity contribution in [2.75, 3.05) is 25.5 Å². The zero-order valence-electron chi connectivity index (χ0n) is 19.6. The molecule has 1 aromatic carbocycles. The van der Waals surface area contributed by atoms with Crippen LogP contribution in [0.5, 0.6) is 5.75 Å². The molecule has 2 N–H and O–H groups in total. The molecule has 194 valence electrons. The van der Waals surface area contributed by atoms with Crippen LogP contribution in [0.2, 0.25) is 0 Å². The number of aryl methyl sites for hydroxylation is 1. The van der Waals surface area contributed by atoms with Gasteiger partial charge < -0.3 is 29.5 Å². The van der Waals surface area contributed by atoms with Crippen molar-refractivity contribution in [1.29, 1.82) is 0 Å². The predicted octanol–water partition coefficient (Wildman–Crippen LogP) is 2.68. The van der Waals surface area contributed by atoms with Crippen molar-refractivity contribution in [3.63, 3.8) is 0 Å². The van der Waals surface area contributed by atoms with Crippen LogP contribution in [0.15, 0.2) is 28.8 Å². The summed E-state index contributed by atoms with van der Waals surface area (Å²) in [5, 5.41) is 8.18. The van der Waals surface area contributed by atoms with E-state index in [1.54, 1.807) is 26.1 Å². The van der Waals surface area contributed by atoms with Crippen LogP contribution in [0.1, 0.15) is 45.9 Å². The molecule has 0 spiro atoms. The molecule has 36 heavy (non-hydrogen) atoms. The van der Waals surface area contributed by atoms with Crippen molar-refractivity contribution >= 4 is 23.4 Å². The highest BCUT2D eigenvalue weighted by Gasteiger charge is 2.39. The number of hydrogen-bond acceptors (Lipinski definition) is 7. The fraction of sp³-hybridized carbons (Fsp3) is 0.478. The topological polar surface area (TPSA) is 123 Å². The third-order valence-corrected chi connectivity index (χ3v) is 6.03. The lowest BCUT2D eigenvalue weighted by molar-refractivity contribution is -0.144.